The maximum Gasteiger partial charge on any atom is 0.234 e. The standard InChI is InChI=1S/C12H19N3O2/c1-9(2)12(17)15-7-4-10(5-8-15)14-11(16)3-6-13/h9-10H,3-5,7-8H2,1-2H3,(H,14,16). The van der Waals surface area contributed by atoms with Crippen LogP contribution in [0, 0.1) is 17.2 Å². The van der Waals surface area contributed by atoms with Crippen molar-refractivity contribution < 1.29 is 9.59 Å². The lowest BCUT2D eigenvalue weighted by molar-refractivity contribution is -0.135. The van der Waals surface area contributed by atoms with Crippen LogP contribution in [0.4, 0.5) is 0 Å². The summed E-state index contributed by atoms with van der Waals surface area (Å²) in [5.41, 5.74) is 0. The summed E-state index contributed by atoms with van der Waals surface area (Å²) in [7, 11) is 0. The Morgan fingerprint density at radius 1 is 1.41 bits per heavy atom. The third-order valence-corrected chi connectivity index (χ3v) is 2.91. The van der Waals surface area contributed by atoms with Gasteiger partial charge in [0.25, 0.3) is 0 Å². The van der Waals surface area contributed by atoms with Crippen LogP contribution in [-0.2, 0) is 9.59 Å². The SMILES string of the molecule is CC(C)C(=O)N1CCC(NC(=O)CC#N)CC1. The van der Waals surface area contributed by atoms with Gasteiger partial charge in [0.2, 0.25) is 11.8 Å². The molecule has 5 nitrogen and oxygen atoms in total. The number of carbonyl (C=O) groups is 2. The number of likely N-dealkylation sites (tertiary alicyclic amines) is 1. The molecule has 17 heavy (non-hydrogen) atoms. The maximum atomic E-state index is 11.7. The second-order valence-corrected chi connectivity index (χ2v) is 4.66. The van der Waals surface area contributed by atoms with Crippen LogP contribution in [0.5, 0.6) is 0 Å². The molecule has 1 fully saturated rings. The lowest BCUT2D eigenvalue weighted by Gasteiger charge is -2.33. The van der Waals surface area contributed by atoms with Gasteiger partial charge >= 0.3 is 0 Å². The van der Waals surface area contributed by atoms with Gasteiger partial charge in [0.15, 0.2) is 0 Å². The van der Waals surface area contributed by atoms with Crippen LogP contribution in [0.15, 0.2) is 0 Å². The monoisotopic (exact) mass is 237 g/mol. The molecule has 2 amide bonds. The van der Waals surface area contributed by atoms with E-state index in [1.165, 1.54) is 0 Å². The number of nitriles is 1. The highest BCUT2D eigenvalue weighted by atomic mass is 16.2. The molecule has 0 aromatic heterocycles. The second-order valence-electron chi connectivity index (χ2n) is 4.66. The second kappa shape index (κ2) is 6.24. The molecule has 1 rings (SSSR count). The van der Waals surface area contributed by atoms with Gasteiger partial charge in [-0.1, -0.05) is 13.8 Å². The van der Waals surface area contributed by atoms with E-state index in [0.29, 0.717) is 13.1 Å². The molecule has 0 unspecified atom stereocenters. The van der Waals surface area contributed by atoms with Crippen molar-refractivity contribution in [3.63, 3.8) is 0 Å². The molecule has 0 saturated carbocycles. The number of nitrogens with zero attached hydrogens (tertiary/aromatic N) is 2. The summed E-state index contributed by atoms with van der Waals surface area (Å²) in [6.45, 7) is 5.16. The third kappa shape index (κ3) is 4.06. The first kappa shape index (κ1) is 13.5. The van der Waals surface area contributed by atoms with Gasteiger partial charge in [-0.15, -0.1) is 0 Å². The summed E-state index contributed by atoms with van der Waals surface area (Å²) in [6, 6.07) is 1.93. The number of amides is 2. The number of carbonyl (C=O) groups excluding carboxylic acids is 2. The molecule has 5 heteroatoms. The Balaban J connectivity index is 2.34. The van der Waals surface area contributed by atoms with Gasteiger partial charge in [-0.2, -0.15) is 5.26 Å². The maximum absolute atomic E-state index is 11.7. The van der Waals surface area contributed by atoms with Crippen LogP contribution in [-0.4, -0.2) is 35.8 Å². The fraction of sp³-hybridized carbons (Fsp3) is 0.750. The predicted molar refractivity (Wildman–Crippen MR) is 62.8 cm³/mol. The number of hydrogen-bond donors (Lipinski definition) is 1. The lowest BCUT2D eigenvalue weighted by Crippen LogP contribution is -2.47. The van der Waals surface area contributed by atoms with Crippen LogP contribution in [0.3, 0.4) is 0 Å². The quantitative estimate of drug-likeness (QED) is 0.783. The van der Waals surface area contributed by atoms with Gasteiger partial charge in [-0.3, -0.25) is 9.59 Å². The van der Waals surface area contributed by atoms with E-state index >= 15 is 0 Å². The molecule has 1 aliphatic rings. The summed E-state index contributed by atoms with van der Waals surface area (Å²) < 4.78 is 0. The van der Waals surface area contributed by atoms with Gasteiger partial charge in [0, 0.05) is 25.0 Å². The molecule has 0 bridgehead atoms. The molecule has 0 aromatic rings. The van der Waals surface area contributed by atoms with Gasteiger partial charge in [0.05, 0.1) is 6.07 Å². The smallest absolute Gasteiger partial charge is 0.234 e. The van der Waals surface area contributed by atoms with E-state index in [1.54, 1.807) is 0 Å². The van der Waals surface area contributed by atoms with Crippen molar-refractivity contribution >= 4 is 11.8 Å². The average molecular weight is 237 g/mol. The van der Waals surface area contributed by atoms with E-state index in [9.17, 15) is 9.59 Å². The van der Waals surface area contributed by atoms with Crippen LogP contribution in [0.1, 0.15) is 33.1 Å². The van der Waals surface area contributed by atoms with Crippen molar-refractivity contribution in [1.29, 1.82) is 5.26 Å². The van der Waals surface area contributed by atoms with E-state index in [0.717, 1.165) is 12.8 Å². The Morgan fingerprint density at radius 2 is 2.00 bits per heavy atom. The summed E-state index contributed by atoms with van der Waals surface area (Å²) in [4.78, 5) is 24.8. The largest absolute Gasteiger partial charge is 0.352 e. The fourth-order valence-corrected chi connectivity index (χ4v) is 1.96. The summed E-state index contributed by atoms with van der Waals surface area (Å²) in [5.74, 6) is -0.0207. The zero-order chi connectivity index (χ0) is 12.8. The minimum absolute atomic E-state index is 0.0275. The Kier molecular flexibility index (Phi) is 4.95. The molecule has 0 spiro atoms. The minimum Gasteiger partial charge on any atom is -0.352 e. The highest BCUT2D eigenvalue weighted by Crippen LogP contribution is 2.13. The van der Waals surface area contributed by atoms with Gasteiger partial charge in [-0.25, -0.2) is 0 Å². The van der Waals surface area contributed by atoms with Crippen molar-refractivity contribution in [2.24, 2.45) is 5.92 Å². The zero-order valence-electron chi connectivity index (χ0n) is 10.4. The molecule has 94 valence electrons. The van der Waals surface area contributed by atoms with E-state index in [1.807, 2.05) is 24.8 Å². The van der Waals surface area contributed by atoms with Crippen molar-refractivity contribution in [1.82, 2.24) is 10.2 Å². The highest BCUT2D eigenvalue weighted by molar-refractivity contribution is 5.79. The van der Waals surface area contributed by atoms with Crippen molar-refractivity contribution in [2.45, 2.75) is 39.2 Å². The number of hydrogen-bond acceptors (Lipinski definition) is 3. The van der Waals surface area contributed by atoms with E-state index in [4.69, 9.17) is 5.26 Å². The van der Waals surface area contributed by atoms with E-state index < -0.39 is 0 Å². The molecule has 0 radical (unpaired) electrons. The lowest BCUT2D eigenvalue weighted by atomic mass is 10.0. The minimum atomic E-state index is -0.221. The molecule has 0 aromatic carbocycles. The first-order chi connectivity index (χ1) is 8.04. The fourth-order valence-electron chi connectivity index (χ4n) is 1.96. The van der Waals surface area contributed by atoms with Crippen molar-refractivity contribution in [3.8, 4) is 6.07 Å². The van der Waals surface area contributed by atoms with Crippen LogP contribution in [0.2, 0.25) is 0 Å². The summed E-state index contributed by atoms with van der Waals surface area (Å²) >= 11 is 0. The number of rotatable bonds is 3. The Bertz CT molecular complexity index is 325. The van der Waals surface area contributed by atoms with Gasteiger partial charge in [-0.05, 0) is 12.8 Å². The van der Waals surface area contributed by atoms with Gasteiger partial charge in [0.1, 0.15) is 6.42 Å². The molecule has 1 saturated heterocycles. The van der Waals surface area contributed by atoms with Crippen molar-refractivity contribution in [2.75, 3.05) is 13.1 Å². The number of nitrogens with one attached hydrogen (secondary N) is 1. The molecule has 0 atom stereocenters. The van der Waals surface area contributed by atoms with E-state index in [2.05, 4.69) is 5.32 Å². The Hall–Kier alpha value is -1.57. The molecule has 1 aliphatic heterocycles. The van der Waals surface area contributed by atoms with E-state index in [-0.39, 0.29) is 30.2 Å². The van der Waals surface area contributed by atoms with Crippen molar-refractivity contribution in [3.05, 3.63) is 0 Å². The predicted octanol–water partition coefficient (Wildman–Crippen LogP) is 0.663. The average Bonchev–Trinajstić information content (AvgIpc) is 2.29. The molecular formula is C12H19N3O2. The summed E-state index contributed by atoms with van der Waals surface area (Å²) in [6.07, 6.45) is 1.45. The zero-order valence-corrected chi connectivity index (χ0v) is 10.4. The first-order valence-corrected chi connectivity index (χ1v) is 5.99. The molecule has 1 heterocycles. The van der Waals surface area contributed by atoms with Crippen LogP contribution >= 0.6 is 0 Å². The summed E-state index contributed by atoms with van der Waals surface area (Å²) in [5, 5.41) is 11.2. The third-order valence-electron chi connectivity index (χ3n) is 2.91. The Morgan fingerprint density at radius 3 is 2.47 bits per heavy atom. The van der Waals surface area contributed by atoms with Gasteiger partial charge < -0.3 is 10.2 Å². The highest BCUT2D eigenvalue weighted by Gasteiger charge is 2.24. The molecule has 0 aliphatic carbocycles. The topological polar surface area (TPSA) is 73.2 Å². The molecule has 1 N–H and O–H groups in total. The molecular weight excluding hydrogens is 218 g/mol. The first-order valence-electron chi connectivity index (χ1n) is 5.99. The number of piperidine rings is 1. The normalized spacial score (nSPS) is 16.7. The van der Waals surface area contributed by atoms with Crippen LogP contribution in [0.25, 0.3) is 0 Å². The van der Waals surface area contributed by atoms with Crippen LogP contribution < -0.4 is 5.32 Å². The Labute approximate surface area is 102 Å².